The predicted molar refractivity (Wildman–Crippen MR) is 77.7 cm³/mol. The number of H-pyrrole nitrogens is 1. The van der Waals surface area contributed by atoms with Crippen LogP contribution < -0.4 is 11.3 Å². The number of aromatic amines is 1. The van der Waals surface area contributed by atoms with Crippen molar-refractivity contribution in [2.45, 2.75) is 13.3 Å². The summed E-state index contributed by atoms with van der Waals surface area (Å²) < 4.78 is 1.58. The maximum Gasteiger partial charge on any atom is 0.260 e. The Kier molecular flexibility index (Phi) is 2.81. The first-order valence-electron chi connectivity index (χ1n) is 6.44. The summed E-state index contributed by atoms with van der Waals surface area (Å²) in [6, 6.07) is 9.71. The average Bonchev–Trinajstić information content (AvgIpc) is 2.83. The van der Waals surface area contributed by atoms with E-state index in [0.717, 1.165) is 16.6 Å². The molecule has 3 N–H and O–H groups in total. The lowest BCUT2D eigenvalue weighted by Gasteiger charge is -2.07. The highest BCUT2D eigenvalue weighted by Gasteiger charge is 2.17. The van der Waals surface area contributed by atoms with Gasteiger partial charge in [-0.15, -0.1) is 0 Å². The summed E-state index contributed by atoms with van der Waals surface area (Å²) >= 11 is 0. The number of hydrogen-bond donors (Lipinski definition) is 2. The smallest absolute Gasteiger partial charge is 0.260 e. The molecule has 100 valence electrons. The number of fused-ring (bicyclic) bond motifs is 3. The molecule has 2 aromatic heterocycles. The molecule has 0 bridgehead atoms. The quantitative estimate of drug-likeness (QED) is 0.736. The van der Waals surface area contributed by atoms with Crippen molar-refractivity contribution in [3.05, 3.63) is 51.3 Å². The maximum absolute atomic E-state index is 12.7. The topological polar surface area (TPSA) is 87.1 Å². The lowest BCUT2D eigenvalue weighted by atomic mass is 10.0. The van der Waals surface area contributed by atoms with E-state index in [9.17, 15) is 10.1 Å². The Bertz CT molecular complexity index is 911. The summed E-state index contributed by atoms with van der Waals surface area (Å²) in [7, 11) is 0. The van der Waals surface area contributed by atoms with Gasteiger partial charge in [0.25, 0.3) is 5.56 Å². The minimum atomic E-state index is -0.0978. The van der Waals surface area contributed by atoms with Gasteiger partial charge in [0.15, 0.2) is 0 Å². The predicted octanol–water partition coefficient (Wildman–Crippen LogP) is 1.46. The Hall–Kier alpha value is -2.58. The SMILES string of the molecule is Cc1c(CCN)c(=O)n2c([nH]c3ccccc32)c1C#N. The number of nitriles is 1. The fourth-order valence-corrected chi connectivity index (χ4v) is 2.66. The van der Waals surface area contributed by atoms with Crippen molar-refractivity contribution in [3.63, 3.8) is 0 Å². The van der Waals surface area contributed by atoms with Gasteiger partial charge < -0.3 is 10.7 Å². The Morgan fingerprint density at radius 3 is 2.85 bits per heavy atom. The number of hydrogen-bond acceptors (Lipinski definition) is 3. The maximum atomic E-state index is 12.7. The zero-order valence-electron chi connectivity index (χ0n) is 11.1. The first-order valence-corrected chi connectivity index (χ1v) is 6.44. The Morgan fingerprint density at radius 1 is 1.40 bits per heavy atom. The monoisotopic (exact) mass is 266 g/mol. The zero-order valence-corrected chi connectivity index (χ0v) is 11.1. The first kappa shape index (κ1) is 12.5. The van der Waals surface area contributed by atoms with E-state index in [1.807, 2.05) is 24.3 Å². The second-order valence-electron chi connectivity index (χ2n) is 4.76. The second kappa shape index (κ2) is 4.51. The number of nitrogens with zero attached hydrogens (tertiary/aromatic N) is 2. The molecule has 2 heterocycles. The zero-order chi connectivity index (χ0) is 14.3. The normalized spacial score (nSPS) is 11.1. The van der Waals surface area contributed by atoms with Gasteiger partial charge in [-0.25, -0.2) is 0 Å². The molecule has 0 aliphatic heterocycles. The summed E-state index contributed by atoms with van der Waals surface area (Å²) in [5.74, 6) is 0. The fourth-order valence-electron chi connectivity index (χ4n) is 2.66. The lowest BCUT2D eigenvalue weighted by Crippen LogP contribution is -2.23. The average molecular weight is 266 g/mol. The number of pyridine rings is 1. The number of aromatic nitrogens is 2. The Labute approximate surface area is 115 Å². The van der Waals surface area contributed by atoms with Crippen molar-refractivity contribution in [2.75, 3.05) is 6.54 Å². The van der Waals surface area contributed by atoms with Crippen LogP contribution in [0.4, 0.5) is 0 Å². The molecule has 5 heteroatoms. The van der Waals surface area contributed by atoms with Crippen molar-refractivity contribution < 1.29 is 0 Å². The van der Waals surface area contributed by atoms with Crippen LogP contribution in [0.5, 0.6) is 0 Å². The molecule has 20 heavy (non-hydrogen) atoms. The first-order chi connectivity index (χ1) is 9.69. The molecule has 0 spiro atoms. The molecule has 0 saturated carbocycles. The second-order valence-corrected chi connectivity index (χ2v) is 4.76. The third-order valence-electron chi connectivity index (χ3n) is 3.65. The molecular weight excluding hydrogens is 252 g/mol. The van der Waals surface area contributed by atoms with Gasteiger partial charge in [0.2, 0.25) is 0 Å². The van der Waals surface area contributed by atoms with E-state index in [-0.39, 0.29) is 5.56 Å². The van der Waals surface area contributed by atoms with Crippen molar-refractivity contribution in [2.24, 2.45) is 5.73 Å². The molecular formula is C15H14N4O. The number of nitrogens with one attached hydrogen (secondary N) is 1. The molecule has 3 aromatic rings. The third kappa shape index (κ3) is 1.55. The van der Waals surface area contributed by atoms with Crippen LogP contribution in [0, 0.1) is 18.3 Å². The minimum Gasteiger partial charge on any atom is -0.338 e. The van der Waals surface area contributed by atoms with Gasteiger partial charge >= 0.3 is 0 Å². The van der Waals surface area contributed by atoms with Gasteiger partial charge in [-0.1, -0.05) is 12.1 Å². The summed E-state index contributed by atoms with van der Waals surface area (Å²) in [6.07, 6.45) is 0.474. The van der Waals surface area contributed by atoms with Crippen LogP contribution in [0.1, 0.15) is 16.7 Å². The standard InChI is InChI=1S/C15H14N4O/c1-9-10(6-7-16)15(20)19-13-5-3-2-4-12(13)18-14(19)11(9)8-17/h2-5,18H,6-7,16H2,1H3. The Balaban J connectivity index is 2.60. The number of imidazole rings is 1. The lowest BCUT2D eigenvalue weighted by molar-refractivity contribution is 0.919. The van der Waals surface area contributed by atoms with Crippen LogP contribution in [0.3, 0.4) is 0 Å². The van der Waals surface area contributed by atoms with Crippen molar-refractivity contribution in [1.82, 2.24) is 9.38 Å². The minimum absolute atomic E-state index is 0.0978. The molecule has 0 aliphatic rings. The van der Waals surface area contributed by atoms with Gasteiger partial charge in [0.1, 0.15) is 11.7 Å². The number of benzene rings is 1. The highest BCUT2D eigenvalue weighted by atomic mass is 16.1. The summed E-state index contributed by atoms with van der Waals surface area (Å²) in [4.78, 5) is 15.8. The summed E-state index contributed by atoms with van der Waals surface area (Å²) in [6.45, 7) is 2.19. The van der Waals surface area contributed by atoms with Crippen molar-refractivity contribution in [3.8, 4) is 6.07 Å². The highest BCUT2D eigenvalue weighted by molar-refractivity contribution is 5.82. The number of rotatable bonds is 2. The summed E-state index contributed by atoms with van der Waals surface area (Å²) in [5, 5.41) is 9.41. The molecule has 0 radical (unpaired) electrons. The molecule has 0 amide bonds. The van der Waals surface area contributed by atoms with Gasteiger partial charge in [-0.3, -0.25) is 9.20 Å². The highest BCUT2D eigenvalue weighted by Crippen LogP contribution is 2.21. The van der Waals surface area contributed by atoms with E-state index in [1.165, 1.54) is 0 Å². The molecule has 0 saturated heterocycles. The van der Waals surface area contributed by atoms with E-state index in [2.05, 4.69) is 11.1 Å². The molecule has 0 aliphatic carbocycles. The van der Waals surface area contributed by atoms with E-state index >= 15 is 0 Å². The van der Waals surface area contributed by atoms with Gasteiger partial charge in [-0.2, -0.15) is 5.26 Å². The van der Waals surface area contributed by atoms with E-state index in [4.69, 9.17) is 5.73 Å². The van der Waals surface area contributed by atoms with Crippen molar-refractivity contribution in [1.29, 1.82) is 5.26 Å². The fraction of sp³-hybridized carbons (Fsp3) is 0.200. The van der Waals surface area contributed by atoms with Gasteiger partial charge in [0, 0.05) is 5.56 Å². The van der Waals surface area contributed by atoms with Crippen LogP contribution in [-0.4, -0.2) is 15.9 Å². The van der Waals surface area contributed by atoms with Crippen LogP contribution in [-0.2, 0) is 6.42 Å². The third-order valence-corrected chi connectivity index (χ3v) is 3.65. The van der Waals surface area contributed by atoms with Crippen molar-refractivity contribution >= 4 is 16.7 Å². The number of para-hydroxylation sites is 2. The van der Waals surface area contributed by atoms with Gasteiger partial charge in [-0.05, 0) is 37.6 Å². The molecule has 1 aromatic carbocycles. The van der Waals surface area contributed by atoms with E-state index in [0.29, 0.717) is 29.7 Å². The van der Waals surface area contributed by atoms with E-state index in [1.54, 1.807) is 11.3 Å². The molecule has 0 unspecified atom stereocenters. The van der Waals surface area contributed by atoms with Gasteiger partial charge in [0.05, 0.1) is 16.6 Å². The van der Waals surface area contributed by atoms with E-state index < -0.39 is 0 Å². The molecule has 3 rings (SSSR count). The summed E-state index contributed by atoms with van der Waals surface area (Å²) in [5.41, 5.74) is 9.49. The molecule has 0 fully saturated rings. The van der Waals surface area contributed by atoms with Crippen LogP contribution in [0.15, 0.2) is 29.1 Å². The molecule has 0 atom stereocenters. The largest absolute Gasteiger partial charge is 0.338 e. The van der Waals surface area contributed by atoms with Crippen LogP contribution in [0.2, 0.25) is 0 Å². The molecule has 5 nitrogen and oxygen atoms in total. The Morgan fingerprint density at radius 2 is 2.15 bits per heavy atom. The number of nitrogens with two attached hydrogens (primary N) is 1. The van der Waals surface area contributed by atoms with Crippen LogP contribution in [0.25, 0.3) is 16.7 Å². The van der Waals surface area contributed by atoms with Crippen LogP contribution >= 0.6 is 0 Å².